The minimum Gasteiger partial charge on any atom is -0.375 e. The molecule has 1 unspecified atom stereocenters. The molecule has 0 aromatic carbocycles. The molecule has 0 amide bonds. The van der Waals surface area contributed by atoms with Crippen molar-refractivity contribution >= 4 is 0 Å². The summed E-state index contributed by atoms with van der Waals surface area (Å²) in [5.41, 5.74) is 0. The van der Waals surface area contributed by atoms with Gasteiger partial charge in [-0.3, -0.25) is 0 Å². The zero-order valence-electron chi connectivity index (χ0n) is 7.09. The van der Waals surface area contributed by atoms with Gasteiger partial charge in [0.15, 0.2) is 0 Å². The number of ether oxygens (including phenoxy) is 1. The van der Waals surface area contributed by atoms with Gasteiger partial charge in [0.25, 0.3) is 0 Å². The second-order valence-corrected chi connectivity index (χ2v) is 2.92. The van der Waals surface area contributed by atoms with Gasteiger partial charge in [-0.25, -0.2) is 5.11 Å². The number of hydrogen-bond donors (Lipinski definition) is 0. The lowest BCUT2D eigenvalue weighted by molar-refractivity contribution is -0.0206. The van der Waals surface area contributed by atoms with Gasteiger partial charge >= 0.3 is 0 Å². The predicted octanol–water partition coefficient (Wildman–Crippen LogP) is 1.87. The van der Waals surface area contributed by atoms with E-state index in [1.54, 1.807) is 0 Å². The lowest BCUT2D eigenvalue weighted by Gasteiger charge is -2.13. The van der Waals surface area contributed by atoms with Gasteiger partial charge in [0.2, 0.25) is 0 Å². The van der Waals surface area contributed by atoms with E-state index in [2.05, 4.69) is 13.8 Å². The average molecular weight is 145 g/mol. The average Bonchev–Trinajstić information content (AvgIpc) is 1.90. The first-order valence-electron chi connectivity index (χ1n) is 3.90. The van der Waals surface area contributed by atoms with Crippen LogP contribution in [-0.2, 0) is 9.84 Å². The molecule has 0 aromatic rings. The molecule has 0 rings (SSSR count). The molecule has 0 heterocycles. The van der Waals surface area contributed by atoms with E-state index < -0.39 is 0 Å². The molecule has 0 saturated carbocycles. The van der Waals surface area contributed by atoms with Gasteiger partial charge in [0.05, 0.1) is 6.10 Å². The molecule has 0 spiro atoms. The summed E-state index contributed by atoms with van der Waals surface area (Å²) >= 11 is 0. The van der Waals surface area contributed by atoms with E-state index in [4.69, 9.17) is 4.74 Å². The fourth-order valence-corrected chi connectivity index (χ4v) is 0.612. The van der Waals surface area contributed by atoms with Crippen LogP contribution < -0.4 is 0 Å². The van der Waals surface area contributed by atoms with E-state index in [-0.39, 0.29) is 12.7 Å². The minimum absolute atomic E-state index is 0.0672. The highest BCUT2D eigenvalue weighted by Gasteiger charge is 2.05. The first kappa shape index (κ1) is 9.92. The van der Waals surface area contributed by atoms with Gasteiger partial charge < -0.3 is 4.74 Å². The zero-order valence-corrected chi connectivity index (χ0v) is 7.09. The van der Waals surface area contributed by atoms with Crippen molar-refractivity contribution in [2.24, 2.45) is 5.92 Å². The second-order valence-electron chi connectivity index (χ2n) is 2.92. The van der Waals surface area contributed by atoms with Crippen LogP contribution in [0.2, 0.25) is 0 Å². The topological polar surface area (TPSA) is 29.1 Å². The molecule has 2 heteroatoms. The Morgan fingerprint density at radius 2 is 2.00 bits per heavy atom. The van der Waals surface area contributed by atoms with Crippen LogP contribution in [0.15, 0.2) is 0 Å². The molecule has 0 aromatic heterocycles. The molecule has 0 bridgehead atoms. The second kappa shape index (κ2) is 5.69. The molecule has 0 N–H and O–H groups in total. The van der Waals surface area contributed by atoms with E-state index >= 15 is 0 Å². The van der Waals surface area contributed by atoms with E-state index in [0.717, 1.165) is 6.42 Å². The Balaban J connectivity index is 3.26. The number of rotatable bonds is 5. The maximum absolute atomic E-state index is 10.3. The van der Waals surface area contributed by atoms with Crippen molar-refractivity contribution in [3.05, 3.63) is 0 Å². The molecule has 0 aliphatic carbocycles. The Hall–Kier alpha value is -0.0800. The Bertz CT molecular complexity index is 67.7. The summed E-state index contributed by atoms with van der Waals surface area (Å²) in [6.07, 6.45) is 0.762. The molecular weight excluding hydrogens is 128 g/mol. The highest BCUT2D eigenvalue weighted by atomic mass is 16.5. The fourth-order valence-electron chi connectivity index (χ4n) is 0.612. The summed E-state index contributed by atoms with van der Waals surface area (Å²) in [4.78, 5) is 0. The summed E-state index contributed by atoms with van der Waals surface area (Å²) in [7, 11) is 0. The molecule has 0 fully saturated rings. The molecular formula is C8H17O2. The Kier molecular flexibility index (Phi) is 5.64. The molecule has 10 heavy (non-hydrogen) atoms. The van der Waals surface area contributed by atoms with Crippen molar-refractivity contribution in [1.29, 1.82) is 0 Å². The lowest BCUT2D eigenvalue weighted by atomic mass is 10.2. The normalized spacial score (nSPS) is 14.1. The predicted molar refractivity (Wildman–Crippen MR) is 40.4 cm³/mol. The Labute approximate surface area is 63.2 Å². The quantitative estimate of drug-likeness (QED) is 0.580. The zero-order chi connectivity index (χ0) is 7.98. The Morgan fingerprint density at radius 1 is 1.40 bits per heavy atom. The summed E-state index contributed by atoms with van der Waals surface area (Å²) in [6, 6.07) is 0. The van der Waals surface area contributed by atoms with Gasteiger partial charge in [-0.1, -0.05) is 20.8 Å². The lowest BCUT2D eigenvalue weighted by Crippen LogP contribution is -2.18. The van der Waals surface area contributed by atoms with Gasteiger partial charge in [0.1, 0.15) is 6.61 Å². The molecule has 61 valence electrons. The third kappa shape index (κ3) is 4.77. The molecule has 0 aliphatic heterocycles. The van der Waals surface area contributed by atoms with E-state index in [0.29, 0.717) is 12.5 Å². The van der Waals surface area contributed by atoms with Crippen molar-refractivity contribution in [3.8, 4) is 0 Å². The summed E-state index contributed by atoms with van der Waals surface area (Å²) in [6.45, 7) is 6.74. The summed E-state index contributed by atoms with van der Waals surface area (Å²) < 4.78 is 5.29. The van der Waals surface area contributed by atoms with Crippen LogP contribution in [0.25, 0.3) is 0 Å². The van der Waals surface area contributed by atoms with E-state index in [9.17, 15) is 5.11 Å². The Morgan fingerprint density at radius 3 is 2.30 bits per heavy atom. The molecule has 2 nitrogen and oxygen atoms in total. The van der Waals surface area contributed by atoms with Gasteiger partial charge in [-0.15, -0.1) is 0 Å². The summed E-state index contributed by atoms with van der Waals surface area (Å²) in [5, 5.41) is 10.3. The maximum Gasteiger partial charge on any atom is 0.108 e. The van der Waals surface area contributed by atoms with Crippen LogP contribution in [-0.4, -0.2) is 19.3 Å². The van der Waals surface area contributed by atoms with Gasteiger partial charge in [0, 0.05) is 6.61 Å². The van der Waals surface area contributed by atoms with Crippen molar-refractivity contribution in [2.75, 3.05) is 13.2 Å². The highest BCUT2D eigenvalue weighted by Crippen LogP contribution is 2.00. The number of hydrogen-bond acceptors (Lipinski definition) is 1. The molecule has 1 atom stereocenters. The fraction of sp³-hybridized carbons (Fsp3) is 1.00. The van der Waals surface area contributed by atoms with Crippen molar-refractivity contribution < 1.29 is 9.84 Å². The van der Waals surface area contributed by atoms with Crippen LogP contribution >= 0.6 is 0 Å². The smallest absolute Gasteiger partial charge is 0.108 e. The van der Waals surface area contributed by atoms with Crippen molar-refractivity contribution in [1.82, 2.24) is 0 Å². The van der Waals surface area contributed by atoms with E-state index in [1.807, 2.05) is 6.92 Å². The van der Waals surface area contributed by atoms with Crippen LogP contribution in [0.5, 0.6) is 0 Å². The van der Waals surface area contributed by atoms with Crippen LogP contribution in [0.1, 0.15) is 27.2 Å². The first-order chi connectivity index (χ1) is 4.70. The third-order valence-electron chi connectivity index (χ3n) is 1.31. The maximum atomic E-state index is 10.3. The first-order valence-corrected chi connectivity index (χ1v) is 3.90. The SMILES string of the molecule is CCC(C[O])OCC(C)C. The van der Waals surface area contributed by atoms with E-state index in [1.165, 1.54) is 0 Å². The molecule has 0 saturated heterocycles. The minimum atomic E-state index is -0.108. The molecule has 0 aliphatic rings. The third-order valence-corrected chi connectivity index (χ3v) is 1.31. The molecule has 1 radical (unpaired) electrons. The largest absolute Gasteiger partial charge is 0.375 e. The van der Waals surface area contributed by atoms with Crippen LogP contribution in [0.3, 0.4) is 0 Å². The van der Waals surface area contributed by atoms with Gasteiger partial charge in [-0.05, 0) is 12.3 Å². The van der Waals surface area contributed by atoms with Gasteiger partial charge in [-0.2, -0.15) is 0 Å². The monoisotopic (exact) mass is 145 g/mol. The van der Waals surface area contributed by atoms with Crippen molar-refractivity contribution in [2.45, 2.75) is 33.3 Å². The summed E-state index contributed by atoms with van der Waals surface area (Å²) in [5.74, 6) is 0.528. The van der Waals surface area contributed by atoms with Crippen LogP contribution in [0.4, 0.5) is 0 Å². The van der Waals surface area contributed by atoms with Crippen molar-refractivity contribution in [3.63, 3.8) is 0 Å². The highest BCUT2D eigenvalue weighted by molar-refractivity contribution is 4.52. The standard InChI is InChI=1S/C8H17O2/c1-4-8(5-9)10-6-7(2)3/h7-8H,4-6H2,1-3H3. The van der Waals surface area contributed by atoms with Crippen LogP contribution in [0, 0.1) is 5.92 Å².